The van der Waals surface area contributed by atoms with Gasteiger partial charge in [0.1, 0.15) is 5.78 Å². The fraction of sp³-hybridized carbons (Fsp3) is 0.727. The lowest BCUT2D eigenvalue weighted by Gasteiger charge is -2.32. The smallest absolute Gasteiger partial charge is 0.139 e. The van der Waals surface area contributed by atoms with Crippen LogP contribution in [0.15, 0.2) is 12.7 Å². The van der Waals surface area contributed by atoms with Crippen LogP contribution < -0.4 is 5.32 Å². The number of hydrogen-bond acceptors (Lipinski definition) is 2. The molecule has 0 bridgehead atoms. The van der Waals surface area contributed by atoms with Gasteiger partial charge in [0, 0.05) is 11.8 Å². The normalized spacial score (nSPS) is 21.0. The lowest BCUT2D eigenvalue weighted by Crippen LogP contribution is -2.39. The second kappa shape index (κ2) is 4.56. The van der Waals surface area contributed by atoms with Crippen molar-refractivity contribution in [2.24, 2.45) is 5.41 Å². The van der Waals surface area contributed by atoms with Crippen molar-refractivity contribution < 1.29 is 4.79 Å². The summed E-state index contributed by atoms with van der Waals surface area (Å²) in [5, 5.41) is 3.28. The number of carbonyl (C=O) groups is 1. The molecule has 2 nitrogen and oxygen atoms in total. The van der Waals surface area contributed by atoms with Crippen molar-refractivity contribution in [3.05, 3.63) is 12.7 Å². The SMILES string of the molecule is C=CCCC(=O)C1(C)CCNCC1. The predicted molar refractivity (Wildman–Crippen MR) is 54.6 cm³/mol. The maximum absolute atomic E-state index is 11.8. The van der Waals surface area contributed by atoms with Crippen molar-refractivity contribution in [3.63, 3.8) is 0 Å². The molecule has 1 N–H and O–H groups in total. The van der Waals surface area contributed by atoms with E-state index in [-0.39, 0.29) is 5.41 Å². The van der Waals surface area contributed by atoms with Crippen molar-refractivity contribution in [1.29, 1.82) is 0 Å². The van der Waals surface area contributed by atoms with Gasteiger partial charge in [-0.3, -0.25) is 4.79 Å². The first kappa shape index (κ1) is 10.5. The molecule has 0 amide bonds. The average molecular weight is 181 g/mol. The van der Waals surface area contributed by atoms with Crippen LogP contribution in [0.2, 0.25) is 0 Å². The van der Waals surface area contributed by atoms with Crippen molar-refractivity contribution in [1.82, 2.24) is 5.32 Å². The Morgan fingerprint density at radius 1 is 1.54 bits per heavy atom. The molecule has 0 aliphatic carbocycles. The summed E-state index contributed by atoms with van der Waals surface area (Å²) < 4.78 is 0. The summed E-state index contributed by atoms with van der Waals surface area (Å²) >= 11 is 0. The molecule has 74 valence electrons. The van der Waals surface area contributed by atoms with Gasteiger partial charge in [-0.05, 0) is 32.4 Å². The lowest BCUT2D eigenvalue weighted by molar-refractivity contribution is -0.129. The first-order valence-corrected chi connectivity index (χ1v) is 5.04. The molecular formula is C11H19NO. The van der Waals surface area contributed by atoms with E-state index in [0.29, 0.717) is 12.2 Å². The Morgan fingerprint density at radius 2 is 2.15 bits per heavy atom. The van der Waals surface area contributed by atoms with Crippen LogP contribution in [0.3, 0.4) is 0 Å². The van der Waals surface area contributed by atoms with E-state index in [0.717, 1.165) is 32.4 Å². The molecule has 0 aromatic carbocycles. The molecule has 13 heavy (non-hydrogen) atoms. The van der Waals surface area contributed by atoms with E-state index in [4.69, 9.17) is 0 Å². The average Bonchev–Trinajstić information content (AvgIpc) is 2.15. The van der Waals surface area contributed by atoms with E-state index < -0.39 is 0 Å². The van der Waals surface area contributed by atoms with Crippen molar-refractivity contribution >= 4 is 5.78 Å². The Kier molecular flexibility index (Phi) is 3.67. The van der Waals surface area contributed by atoms with E-state index in [1.54, 1.807) is 0 Å². The molecule has 0 aromatic heterocycles. The Labute approximate surface area is 80.4 Å². The first-order valence-electron chi connectivity index (χ1n) is 5.04. The summed E-state index contributed by atoms with van der Waals surface area (Å²) in [5.74, 6) is 0.411. The molecule has 0 spiro atoms. The van der Waals surface area contributed by atoms with Crippen LogP contribution >= 0.6 is 0 Å². The van der Waals surface area contributed by atoms with Gasteiger partial charge in [-0.2, -0.15) is 0 Å². The summed E-state index contributed by atoms with van der Waals surface area (Å²) in [6, 6.07) is 0. The van der Waals surface area contributed by atoms with Gasteiger partial charge in [0.2, 0.25) is 0 Å². The van der Waals surface area contributed by atoms with Crippen molar-refractivity contribution in [2.45, 2.75) is 32.6 Å². The highest BCUT2D eigenvalue weighted by atomic mass is 16.1. The van der Waals surface area contributed by atoms with Gasteiger partial charge in [0.25, 0.3) is 0 Å². The number of rotatable bonds is 4. The monoisotopic (exact) mass is 181 g/mol. The highest BCUT2D eigenvalue weighted by Crippen LogP contribution is 2.30. The largest absolute Gasteiger partial charge is 0.317 e. The van der Waals surface area contributed by atoms with Crippen LogP contribution in [-0.2, 0) is 4.79 Å². The highest BCUT2D eigenvalue weighted by molar-refractivity contribution is 5.84. The van der Waals surface area contributed by atoms with E-state index in [9.17, 15) is 4.79 Å². The Balaban J connectivity index is 2.46. The van der Waals surface area contributed by atoms with E-state index in [2.05, 4.69) is 18.8 Å². The van der Waals surface area contributed by atoms with Crippen molar-refractivity contribution in [2.75, 3.05) is 13.1 Å². The lowest BCUT2D eigenvalue weighted by atomic mass is 9.76. The van der Waals surface area contributed by atoms with E-state index in [1.807, 2.05) is 6.08 Å². The van der Waals surface area contributed by atoms with Crippen LogP contribution in [-0.4, -0.2) is 18.9 Å². The zero-order valence-corrected chi connectivity index (χ0v) is 8.44. The Bertz CT molecular complexity index is 192. The second-order valence-corrected chi connectivity index (χ2v) is 4.06. The van der Waals surface area contributed by atoms with Crippen molar-refractivity contribution in [3.8, 4) is 0 Å². The van der Waals surface area contributed by atoms with Crippen LogP contribution in [0.25, 0.3) is 0 Å². The fourth-order valence-corrected chi connectivity index (χ4v) is 1.79. The Hall–Kier alpha value is -0.630. The summed E-state index contributed by atoms with van der Waals surface area (Å²) in [6.07, 6.45) is 5.29. The van der Waals surface area contributed by atoms with Crippen LogP contribution in [0.5, 0.6) is 0 Å². The molecule has 0 saturated carbocycles. The molecule has 0 unspecified atom stereocenters. The zero-order valence-electron chi connectivity index (χ0n) is 8.44. The standard InChI is InChI=1S/C11H19NO/c1-3-4-5-10(13)11(2)6-8-12-9-7-11/h3,12H,1,4-9H2,2H3. The van der Waals surface area contributed by atoms with E-state index in [1.165, 1.54) is 0 Å². The summed E-state index contributed by atoms with van der Waals surface area (Å²) in [5.41, 5.74) is -0.0612. The minimum atomic E-state index is -0.0612. The number of piperidine rings is 1. The van der Waals surface area contributed by atoms with Crippen LogP contribution in [0.1, 0.15) is 32.6 Å². The third-order valence-electron chi connectivity index (χ3n) is 2.96. The maximum Gasteiger partial charge on any atom is 0.139 e. The molecule has 2 heteroatoms. The van der Waals surface area contributed by atoms with Gasteiger partial charge in [-0.25, -0.2) is 0 Å². The molecule has 0 aromatic rings. The number of nitrogens with one attached hydrogen (secondary N) is 1. The molecule has 1 heterocycles. The molecule has 1 fully saturated rings. The third-order valence-corrected chi connectivity index (χ3v) is 2.96. The number of allylic oxidation sites excluding steroid dienone is 1. The first-order chi connectivity index (χ1) is 6.19. The minimum absolute atomic E-state index is 0.0612. The second-order valence-electron chi connectivity index (χ2n) is 4.06. The molecule has 0 radical (unpaired) electrons. The van der Waals surface area contributed by atoms with Gasteiger partial charge < -0.3 is 5.32 Å². The van der Waals surface area contributed by atoms with Gasteiger partial charge >= 0.3 is 0 Å². The number of ketones is 1. The molecule has 1 aliphatic heterocycles. The fourth-order valence-electron chi connectivity index (χ4n) is 1.79. The minimum Gasteiger partial charge on any atom is -0.317 e. The topological polar surface area (TPSA) is 29.1 Å². The summed E-state index contributed by atoms with van der Waals surface area (Å²) in [7, 11) is 0. The predicted octanol–water partition coefficient (Wildman–Crippen LogP) is 1.91. The quantitative estimate of drug-likeness (QED) is 0.671. The number of hydrogen-bond donors (Lipinski definition) is 1. The highest BCUT2D eigenvalue weighted by Gasteiger charge is 2.33. The van der Waals surface area contributed by atoms with Gasteiger partial charge in [-0.15, -0.1) is 6.58 Å². The number of Topliss-reactive ketones (excluding diaryl/α,β-unsaturated/α-hetero) is 1. The summed E-state index contributed by atoms with van der Waals surface area (Å²) in [4.78, 5) is 11.8. The maximum atomic E-state index is 11.8. The van der Waals surface area contributed by atoms with Crippen LogP contribution in [0, 0.1) is 5.41 Å². The molecule has 1 rings (SSSR count). The molecule has 1 aliphatic rings. The van der Waals surface area contributed by atoms with Gasteiger partial charge in [0.15, 0.2) is 0 Å². The molecule has 1 saturated heterocycles. The Morgan fingerprint density at radius 3 is 2.69 bits per heavy atom. The van der Waals surface area contributed by atoms with Gasteiger partial charge in [-0.1, -0.05) is 13.0 Å². The molecule has 0 atom stereocenters. The van der Waals surface area contributed by atoms with Gasteiger partial charge in [0.05, 0.1) is 0 Å². The summed E-state index contributed by atoms with van der Waals surface area (Å²) in [6.45, 7) is 7.70. The number of carbonyl (C=O) groups excluding carboxylic acids is 1. The van der Waals surface area contributed by atoms with E-state index >= 15 is 0 Å². The zero-order chi connectivity index (χ0) is 9.73. The molecular weight excluding hydrogens is 162 g/mol. The van der Waals surface area contributed by atoms with Crippen LogP contribution in [0.4, 0.5) is 0 Å². The third kappa shape index (κ3) is 2.66.